The number of aliphatic hydroxyl groups excluding tert-OH is 1. The van der Waals surface area contributed by atoms with E-state index < -0.39 is 14.2 Å². The van der Waals surface area contributed by atoms with Gasteiger partial charge in [-0.05, 0) is 17.5 Å². The highest BCUT2D eigenvalue weighted by molar-refractivity contribution is 7.05. The van der Waals surface area contributed by atoms with Gasteiger partial charge in [0.15, 0.2) is 0 Å². The molecule has 0 saturated heterocycles. The van der Waals surface area contributed by atoms with Crippen LogP contribution in [0.5, 0.6) is 0 Å². The Morgan fingerprint density at radius 2 is 1.04 bits per heavy atom. The summed E-state index contributed by atoms with van der Waals surface area (Å²) in [6, 6.07) is 32.3. The Kier molecular flexibility index (Phi) is 5.68. The van der Waals surface area contributed by atoms with Crippen molar-refractivity contribution in [2.45, 2.75) is 44.4 Å². The van der Waals surface area contributed by atoms with Gasteiger partial charge in [-0.1, -0.05) is 122 Å². The highest BCUT2D eigenvalue weighted by Gasteiger charge is 2.54. The van der Waals surface area contributed by atoms with Crippen molar-refractivity contribution in [3.8, 4) is 0 Å². The lowest BCUT2D eigenvalue weighted by Crippen LogP contribution is -2.70. The Morgan fingerprint density at radius 3 is 1.37 bits per heavy atom. The molecule has 140 valence electrons. The number of hydrogen-bond donors (Lipinski definition) is 1. The standard InChI is InChI=1S/C25H30OSi/c1-20(26)24(21-14-8-5-9-15-21)27(25(2,3)4,22-16-10-6-11-17-22)23-18-12-7-13-19-23/h5-20,24,26H,1-4H3/t20-,24-/m1/s1. The Morgan fingerprint density at radius 1 is 0.667 bits per heavy atom. The predicted octanol–water partition coefficient (Wildman–Crippen LogP) is 4.75. The van der Waals surface area contributed by atoms with Crippen LogP contribution in [0.3, 0.4) is 0 Å². The third-order valence-electron chi connectivity index (χ3n) is 5.75. The molecule has 0 aliphatic carbocycles. The molecule has 3 rings (SSSR count). The van der Waals surface area contributed by atoms with Gasteiger partial charge in [0.05, 0.1) is 6.10 Å². The maximum atomic E-state index is 11.1. The summed E-state index contributed by atoms with van der Waals surface area (Å²) in [5, 5.41) is 13.9. The lowest BCUT2D eigenvalue weighted by Gasteiger charge is -2.50. The van der Waals surface area contributed by atoms with Gasteiger partial charge < -0.3 is 5.11 Å². The molecule has 0 heterocycles. The van der Waals surface area contributed by atoms with E-state index in [0.29, 0.717) is 0 Å². The van der Waals surface area contributed by atoms with Crippen LogP contribution in [0.4, 0.5) is 0 Å². The van der Waals surface area contributed by atoms with Gasteiger partial charge in [0.2, 0.25) is 0 Å². The average molecular weight is 375 g/mol. The Balaban J connectivity index is 2.42. The van der Waals surface area contributed by atoms with Crippen LogP contribution in [0.25, 0.3) is 0 Å². The number of benzene rings is 3. The van der Waals surface area contributed by atoms with Crippen LogP contribution >= 0.6 is 0 Å². The van der Waals surface area contributed by atoms with Crippen LogP contribution in [-0.4, -0.2) is 19.3 Å². The first-order chi connectivity index (χ1) is 12.9. The Hall–Kier alpha value is -2.16. The normalized spacial score (nSPS) is 14.6. The summed E-state index contributed by atoms with van der Waals surface area (Å²) in [5.41, 5.74) is 1.28. The van der Waals surface area contributed by atoms with E-state index >= 15 is 0 Å². The zero-order valence-corrected chi connectivity index (χ0v) is 17.8. The van der Waals surface area contributed by atoms with Crippen LogP contribution < -0.4 is 10.4 Å². The maximum Gasteiger partial charge on any atom is 0.133 e. The van der Waals surface area contributed by atoms with Crippen molar-refractivity contribution in [2.24, 2.45) is 0 Å². The molecule has 0 bridgehead atoms. The molecule has 0 amide bonds. The highest BCUT2D eigenvalue weighted by Crippen LogP contribution is 2.45. The van der Waals surface area contributed by atoms with E-state index in [4.69, 9.17) is 0 Å². The SMILES string of the molecule is C[C@@H](O)[C@H](c1ccccc1)[Si](c1ccccc1)(c1ccccc1)C(C)(C)C. The van der Waals surface area contributed by atoms with Gasteiger partial charge in [-0.3, -0.25) is 0 Å². The lowest BCUT2D eigenvalue weighted by atomic mass is 10.1. The maximum absolute atomic E-state index is 11.1. The van der Waals surface area contributed by atoms with Gasteiger partial charge >= 0.3 is 0 Å². The molecule has 2 atom stereocenters. The van der Waals surface area contributed by atoms with E-state index in [9.17, 15) is 5.11 Å². The van der Waals surface area contributed by atoms with Gasteiger partial charge in [-0.15, -0.1) is 0 Å². The zero-order chi connectivity index (χ0) is 19.5. The summed E-state index contributed by atoms with van der Waals surface area (Å²) in [7, 11) is -2.43. The Bertz CT molecular complexity index is 796. The largest absolute Gasteiger partial charge is 0.393 e. The molecule has 3 aromatic rings. The van der Waals surface area contributed by atoms with E-state index in [-0.39, 0.29) is 10.6 Å². The van der Waals surface area contributed by atoms with Crippen LogP contribution in [0.2, 0.25) is 5.04 Å². The minimum absolute atomic E-state index is 0.00715. The topological polar surface area (TPSA) is 20.2 Å². The summed E-state index contributed by atoms with van der Waals surface area (Å²) < 4.78 is 0. The second-order valence-corrected chi connectivity index (χ2v) is 13.3. The van der Waals surface area contributed by atoms with Crippen molar-refractivity contribution >= 4 is 18.4 Å². The molecule has 1 N–H and O–H groups in total. The predicted molar refractivity (Wildman–Crippen MR) is 118 cm³/mol. The molecule has 0 spiro atoms. The fourth-order valence-electron chi connectivity index (χ4n) is 4.81. The monoisotopic (exact) mass is 374 g/mol. The molecule has 0 aliphatic heterocycles. The molecule has 2 heteroatoms. The molecule has 1 nitrogen and oxygen atoms in total. The lowest BCUT2D eigenvalue weighted by molar-refractivity contribution is 0.185. The van der Waals surface area contributed by atoms with Crippen molar-refractivity contribution in [1.29, 1.82) is 0 Å². The van der Waals surface area contributed by atoms with E-state index in [1.54, 1.807) is 0 Å². The second-order valence-electron chi connectivity index (χ2n) is 8.42. The molecule has 3 aromatic carbocycles. The number of rotatable bonds is 5. The number of aliphatic hydroxyl groups is 1. The van der Waals surface area contributed by atoms with Crippen molar-refractivity contribution in [3.05, 3.63) is 96.6 Å². The van der Waals surface area contributed by atoms with E-state index in [1.165, 1.54) is 15.9 Å². The van der Waals surface area contributed by atoms with Gasteiger partial charge in [-0.2, -0.15) is 0 Å². The van der Waals surface area contributed by atoms with Crippen LogP contribution in [0.1, 0.15) is 38.8 Å². The van der Waals surface area contributed by atoms with Crippen molar-refractivity contribution < 1.29 is 5.11 Å². The van der Waals surface area contributed by atoms with Crippen molar-refractivity contribution in [1.82, 2.24) is 0 Å². The fraction of sp³-hybridized carbons (Fsp3) is 0.280. The summed E-state index contributed by atoms with van der Waals surface area (Å²) in [5.74, 6) is 0. The zero-order valence-electron chi connectivity index (χ0n) is 16.8. The minimum atomic E-state index is -2.43. The summed E-state index contributed by atoms with van der Waals surface area (Å²) in [4.78, 5) is 0. The van der Waals surface area contributed by atoms with E-state index in [0.717, 1.165) is 0 Å². The smallest absolute Gasteiger partial charge is 0.133 e. The first kappa shape index (κ1) is 19.6. The minimum Gasteiger partial charge on any atom is -0.393 e. The Labute approximate surface area is 164 Å². The molecule has 0 radical (unpaired) electrons. The first-order valence-electron chi connectivity index (χ1n) is 9.73. The first-order valence-corrected chi connectivity index (χ1v) is 11.8. The summed E-state index contributed by atoms with van der Waals surface area (Å²) in [6.07, 6.45) is -0.446. The molecule has 0 aliphatic rings. The molecule has 27 heavy (non-hydrogen) atoms. The van der Waals surface area contributed by atoms with Gasteiger partial charge in [0.25, 0.3) is 0 Å². The molecular weight excluding hydrogens is 344 g/mol. The average Bonchev–Trinajstić information content (AvgIpc) is 2.66. The third kappa shape index (κ3) is 3.52. The fourth-order valence-corrected chi connectivity index (χ4v) is 11.4. The quantitative estimate of drug-likeness (QED) is 0.639. The van der Waals surface area contributed by atoms with Gasteiger partial charge in [0, 0.05) is 5.54 Å². The van der Waals surface area contributed by atoms with Crippen LogP contribution in [0.15, 0.2) is 91.0 Å². The van der Waals surface area contributed by atoms with E-state index in [2.05, 4.69) is 106 Å². The molecule has 0 fully saturated rings. The van der Waals surface area contributed by atoms with Gasteiger partial charge in [0.1, 0.15) is 8.07 Å². The summed E-state index contributed by atoms with van der Waals surface area (Å²) in [6.45, 7) is 8.99. The van der Waals surface area contributed by atoms with Crippen LogP contribution in [-0.2, 0) is 0 Å². The molecule has 0 aromatic heterocycles. The second kappa shape index (κ2) is 7.83. The van der Waals surface area contributed by atoms with Crippen LogP contribution in [0, 0.1) is 0 Å². The van der Waals surface area contributed by atoms with Gasteiger partial charge in [-0.25, -0.2) is 0 Å². The third-order valence-corrected chi connectivity index (χ3v) is 12.4. The van der Waals surface area contributed by atoms with Crippen molar-refractivity contribution in [2.75, 3.05) is 0 Å². The summed E-state index contributed by atoms with van der Waals surface area (Å²) >= 11 is 0. The number of hydrogen-bond acceptors (Lipinski definition) is 1. The molecular formula is C25H30OSi. The highest BCUT2D eigenvalue weighted by atomic mass is 28.3. The van der Waals surface area contributed by atoms with E-state index in [1.807, 2.05) is 13.0 Å². The van der Waals surface area contributed by atoms with Crippen molar-refractivity contribution in [3.63, 3.8) is 0 Å². The molecule has 0 saturated carbocycles. The molecule has 0 unspecified atom stereocenters.